The van der Waals surface area contributed by atoms with Gasteiger partial charge in [-0.05, 0) is 19.1 Å². The van der Waals surface area contributed by atoms with Crippen LogP contribution in [-0.2, 0) is 0 Å². The Hall–Kier alpha value is -3.92. The van der Waals surface area contributed by atoms with Crippen molar-refractivity contribution in [1.29, 1.82) is 0 Å². The molecule has 5 aromatic rings. The lowest BCUT2D eigenvalue weighted by molar-refractivity contribution is 0.349. The van der Waals surface area contributed by atoms with Crippen molar-refractivity contribution in [3.63, 3.8) is 0 Å². The molecule has 0 saturated heterocycles. The molecule has 0 atom stereocenters. The monoisotopic (exact) mass is 448 g/mol. The lowest BCUT2D eigenvalue weighted by Crippen LogP contribution is -1.96. The number of hydrogen-bond acceptors (Lipinski definition) is 8. The predicted molar refractivity (Wildman–Crippen MR) is 122 cm³/mol. The molecule has 0 radical (unpaired) electrons. The number of aromatic nitrogens is 6. The van der Waals surface area contributed by atoms with Gasteiger partial charge in [-0.15, -0.1) is 10.2 Å². The summed E-state index contributed by atoms with van der Waals surface area (Å²) in [6.45, 7) is 2.06. The van der Waals surface area contributed by atoms with E-state index >= 15 is 0 Å². The largest absolute Gasteiger partial charge is 0.496 e. The van der Waals surface area contributed by atoms with Gasteiger partial charge in [-0.25, -0.2) is 0 Å². The number of methoxy groups -OCH3 is 3. The molecule has 0 spiro atoms. The maximum Gasteiger partial charge on any atom is 0.235 e. The van der Waals surface area contributed by atoms with Gasteiger partial charge < -0.3 is 14.2 Å². The Labute approximate surface area is 187 Å². The molecule has 0 amide bonds. The summed E-state index contributed by atoms with van der Waals surface area (Å²) < 4.78 is 18.1. The fourth-order valence-corrected chi connectivity index (χ4v) is 4.26. The molecule has 0 bridgehead atoms. The van der Waals surface area contributed by atoms with Gasteiger partial charge in [0.15, 0.2) is 16.5 Å². The number of hydrogen-bond donors (Lipinski definition) is 1. The SMILES string of the molecule is COc1cc(OC)c(-c2nn3c(-c4cc(-c5ccc(C)cc5)n[nH]4)nnc3s2)cc1OC. The highest BCUT2D eigenvalue weighted by Gasteiger charge is 2.20. The first-order valence-electron chi connectivity index (χ1n) is 9.76. The van der Waals surface area contributed by atoms with Gasteiger partial charge in [-0.3, -0.25) is 5.10 Å². The molecule has 1 N–H and O–H groups in total. The van der Waals surface area contributed by atoms with Crippen molar-refractivity contribution in [1.82, 2.24) is 30.0 Å². The molecule has 0 unspecified atom stereocenters. The zero-order chi connectivity index (χ0) is 22.2. The summed E-state index contributed by atoms with van der Waals surface area (Å²) in [5.41, 5.74) is 4.55. The number of rotatable bonds is 6. The lowest BCUT2D eigenvalue weighted by Gasteiger charge is -2.12. The summed E-state index contributed by atoms with van der Waals surface area (Å²) in [6.07, 6.45) is 0. The van der Waals surface area contributed by atoms with Crippen molar-refractivity contribution < 1.29 is 14.2 Å². The molecule has 9 nitrogen and oxygen atoms in total. The Morgan fingerprint density at radius 1 is 0.875 bits per heavy atom. The summed E-state index contributed by atoms with van der Waals surface area (Å²) in [6, 6.07) is 13.8. The molecule has 0 aliphatic carbocycles. The first-order chi connectivity index (χ1) is 15.6. The Morgan fingerprint density at radius 2 is 1.59 bits per heavy atom. The topological polar surface area (TPSA) is 99.5 Å². The number of nitrogens with one attached hydrogen (secondary N) is 1. The second-order valence-electron chi connectivity index (χ2n) is 7.07. The molecule has 10 heteroatoms. The number of aryl methyl sites for hydroxylation is 1. The fraction of sp³-hybridized carbons (Fsp3) is 0.182. The summed E-state index contributed by atoms with van der Waals surface area (Å²) in [4.78, 5) is 0.651. The smallest absolute Gasteiger partial charge is 0.235 e. The van der Waals surface area contributed by atoms with Crippen molar-refractivity contribution in [2.75, 3.05) is 21.3 Å². The Balaban J connectivity index is 1.56. The lowest BCUT2D eigenvalue weighted by atomic mass is 10.1. The van der Waals surface area contributed by atoms with Gasteiger partial charge in [0.1, 0.15) is 11.4 Å². The molecular weight excluding hydrogens is 428 g/mol. The van der Waals surface area contributed by atoms with Crippen LogP contribution >= 0.6 is 11.3 Å². The van der Waals surface area contributed by atoms with Crippen LogP contribution in [0.1, 0.15) is 5.56 Å². The van der Waals surface area contributed by atoms with E-state index in [2.05, 4.69) is 39.5 Å². The van der Waals surface area contributed by atoms with Gasteiger partial charge in [0, 0.05) is 11.6 Å². The van der Waals surface area contributed by atoms with Crippen molar-refractivity contribution in [2.24, 2.45) is 0 Å². The van der Waals surface area contributed by atoms with E-state index in [4.69, 9.17) is 19.3 Å². The zero-order valence-corrected chi connectivity index (χ0v) is 18.7. The minimum atomic E-state index is 0.577. The highest BCUT2D eigenvalue weighted by Crippen LogP contribution is 2.41. The number of benzene rings is 2. The number of H-pyrrole nitrogens is 1. The van der Waals surface area contributed by atoms with E-state index < -0.39 is 0 Å². The molecule has 0 aliphatic rings. The quantitative estimate of drug-likeness (QED) is 0.415. The third-order valence-corrected chi connectivity index (χ3v) is 6.03. The molecular formula is C22H20N6O3S. The van der Waals surface area contributed by atoms with Crippen LogP contribution in [0.5, 0.6) is 17.2 Å². The van der Waals surface area contributed by atoms with Crippen molar-refractivity contribution >= 4 is 16.3 Å². The molecule has 3 aromatic heterocycles. The third-order valence-electron chi connectivity index (χ3n) is 5.09. The molecule has 0 fully saturated rings. The predicted octanol–water partition coefficient (Wildman–Crippen LogP) is 4.24. The van der Waals surface area contributed by atoms with E-state index in [-0.39, 0.29) is 0 Å². The number of nitrogens with zero attached hydrogens (tertiary/aromatic N) is 5. The maximum absolute atomic E-state index is 5.56. The standard InChI is InChI=1S/C22H20N6O3S/c1-12-5-7-13(8-6-12)15-10-16(24-23-15)20-25-26-22-28(20)27-21(32-22)14-9-18(30-3)19(31-4)11-17(14)29-2/h5-11H,1-4H3,(H,23,24). The van der Waals surface area contributed by atoms with Crippen molar-refractivity contribution in [3.05, 3.63) is 48.0 Å². The Bertz CT molecular complexity index is 1400. The van der Waals surface area contributed by atoms with Gasteiger partial charge in [0.25, 0.3) is 0 Å². The minimum absolute atomic E-state index is 0.577. The summed E-state index contributed by atoms with van der Waals surface area (Å²) >= 11 is 1.40. The average Bonchev–Trinajstić information content (AvgIpc) is 3.54. The molecule has 0 saturated carbocycles. The van der Waals surface area contributed by atoms with Crippen LogP contribution in [-0.4, -0.2) is 51.3 Å². The van der Waals surface area contributed by atoms with Gasteiger partial charge in [-0.1, -0.05) is 41.2 Å². The molecule has 2 aromatic carbocycles. The molecule has 162 valence electrons. The summed E-state index contributed by atoms with van der Waals surface area (Å²) in [7, 11) is 4.78. The first kappa shape index (κ1) is 20.0. The molecule has 5 rings (SSSR count). The number of fused-ring (bicyclic) bond motifs is 1. The van der Waals surface area contributed by atoms with Crippen LogP contribution in [0.15, 0.2) is 42.5 Å². The second-order valence-corrected chi connectivity index (χ2v) is 8.02. The van der Waals surface area contributed by atoms with Crippen molar-refractivity contribution in [2.45, 2.75) is 6.92 Å². The van der Waals surface area contributed by atoms with E-state index in [1.54, 1.807) is 31.9 Å². The van der Waals surface area contributed by atoms with Crippen LogP contribution < -0.4 is 14.2 Å². The zero-order valence-electron chi connectivity index (χ0n) is 17.9. The Morgan fingerprint density at radius 3 is 2.31 bits per heavy atom. The second kappa shape index (κ2) is 7.97. The molecule has 3 heterocycles. The van der Waals surface area contributed by atoms with Crippen LogP contribution in [0.2, 0.25) is 0 Å². The average molecular weight is 449 g/mol. The fourth-order valence-electron chi connectivity index (χ4n) is 3.40. The molecule has 0 aliphatic heterocycles. The van der Waals surface area contributed by atoms with Crippen LogP contribution in [0.4, 0.5) is 0 Å². The highest BCUT2D eigenvalue weighted by atomic mass is 32.1. The van der Waals surface area contributed by atoms with E-state index in [9.17, 15) is 0 Å². The Kier molecular flexibility index (Phi) is 4.98. The van der Waals surface area contributed by atoms with E-state index in [1.165, 1.54) is 16.9 Å². The van der Waals surface area contributed by atoms with Crippen molar-refractivity contribution in [3.8, 4) is 50.6 Å². The van der Waals surface area contributed by atoms with Gasteiger partial charge in [0.2, 0.25) is 10.8 Å². The number of ether oxygens (including phenoxy) is 3. The molecule has 32 heavy (non-hydrogen) atoms. The first-order valence-corrected chi connectivity index (χ1v) is 10.6. The summed E-state index contributed by atoms with van der Waals surface area (Å²) in [5, 5.41) is 21.5. The maximum atomic E-state index is 5.56. The van der Waals surface area contributed by atoms with Gasteiger partial charge in [0.05, 0.1) is 32.6 Å². The van der Waals surface area contributed by atoms with E-state index in [0.717, 1.165) is 22.5 Å². The van der Waals surface area contributed by atoms with Crippen LogP contribution in [0.25, 0.3) is 38.3 Å². The van der Waals surface area contributed by atoms with Crippen LogP contribution in [0, 0.1) is 6.92 Å². The van der Waals surface area contributed by atoms with Crippen LogP contribution in [0.3, 0.4) is 0 Å². The van der Waals surface area contributed by atoms with Gasteiger partial charge >= 0.3 is 0 Å². The minimum Gasteiger partial charge on any atom is -0.496 e. The summed E-state index contributed by atoms with van der Waals surface area (Å²) in [5.74, 6) is 2.37. The normalized spacial score (nSPS) is 11.1. The van der Waals surface area contributed by atoms with E-state index in [0.29, 0.717) is 33.0 Å². The van der Waals surface area contributed by atoms with E-state index in [1.807, 2.05) is 24.3 Å². The number of aromatic amines is 1. The third kappa shape index (κ3) is 3.34. The van der Waals surface area contributed by atoms with Gasteiger partial charge in [-0.2, -0.15) is 14.7 Å². The highest BCUT2D eigenvalue weighted by molar-refractivity contribution is 7.19.